The van der Waals surface area contributed by atoms with Crippen molar-refractivity contribution < 1.29 is 4.74 Å². The van der Waals surface area contributed by atoms with E-state index < -0.39 is 0 Å². The third-order valence-corrected chi connectivity index (χ3v) is 1.94. The molecule has 1 saturated heterocycles. The number of thiol groups is 1. The predicted molar refractivity (Wildman–Crippen MR) is 37.4 cm³/mol. The zero-order chi connectivity index (χ0) is 5.82. The summed E-state index contributed by atoms with van der Waals surface area (Å²) < 4.78 is 5.22. The minimum absolute atomic E-state index is 0.595. The van der Waals surface area contributed by atoms with Crippen LogP contribution in [0.1, 0.15) is 19.3 Å². The van der Waals surface area contributed by atoms with E-state index in [1.165, 1.54) is 12.8 Å². The van der Waals surface area contributed by atoms with Crippen molar-refractivity contribution in [1.29, 1.82) is 0 Å². The molecule has 1 fully saturated rings. The molecule has 8 heavy (non-hydrogen) atoms. The Balaban J connectivity index is 2.17. The van der Waals surface area contributed by atoms with Gasteiger partial charge in [0.05, 0.1) is 0 Å². The van der Waals surface area contributed by atoms with E-state index >= 15 is 0 Å². The van der Waals surface area contributed by atoms with Crippen LogP contribution in [-0.4, -0.2) is 18.5 Å². The third-order valence-electron chi connectivity index (χ3n) is 1.42. The summed E-state index contributed by atoms with van der Waals surface area (Å²) in [7, 11) is 0. The first-order valence-corrected chi connectivity index (χ1v) is 3.67. The third kappa shape index (κ3) is 2.05. The molecule has 0 amide bonds. The Morgan fingerprint density at radius 2 is 2.12 bits per heavy atom. The number of ether oxygens (including phenoxy) is 1. The van der Waals surface area contributed by atoms with Gasteiger partial charge in [-0.1, -0.05) is 0 Å². The van der Waals surface area contributed by atoms with Gasteiger partial charge in [0.25, 0.3) is 0 Å². The van der Waals surface area contributed by atoms with Gasteiger partial charge in [0, 0.05) is 18.5 Å². The zero-order valence-electron chi connectivity index (χ0n) is 4.97. The predicted octanol–water partition coefficient (Wildman–Crippen LogP) is 1.49. The lowest BCUT2D eigenvalue weighted by Crippen LogP contribution is -1.97. The van der Waals surface area contributed by atoms with Crippen molar-refractivity contribution in [3.05, 3.63) is 0 Å². The molecule has 0 bridgehead atoms. The maximum Gasteiger partial charge on any atom is 0.0476 e. The molecule has 1 unspecified atom stereocenters. The fraction of sp³-hybridized carbons (Fsp3) is 1.00. The molecule has 0 N–H and O–H groups in total. The molecule has 0 aromatic carbocycles. The molecule has 0 aliphatic carbocycles. The van der Waals surface area contributed by atoms with Gasteiger partial charge < -0.3 is 4.74 Å². The Morgan fingerprint density at radius 1 is 1.25 bits per heavy atom. The summed E-state index contributed by atoms with van der Waals surface area (Å²) in [5.74, 6) is 0. The van der Waals surface area contributed by atoms with Crippen LogP contribution in [0, 0.1) is 0 Å². The molecular formula is C6H12OS. The first-order chi connectivity index (χ1) is 3.89. The highest BCUT2D eigenvalue weighted by Crippen LogP contribution is 2.12. The molecule has 0 saturated carbocycles. The Morgan fingerprint density at radius 3 is 3.00 bits per heavy atom. The van der Waals surface area contributed by atoms with Crippen LogP contribution in [0.4, 0.5) is 0 Å². The van der Waals surface area contributed by atoms with E-state index in [0.717, 1.165) is 19.6 Å². The molecule has 0 aromatic rings. The van der Waals surface area contributed by atoms with Gasteiger partial charge in [-0.05, 0) is 19.3 Å². The van der Waals surface area contributed by atoms with Crippen LogP contribution in [0.3, 0.4) is 0 Å². The maximum absolute atomic E-state index is 5.22. The Bertz CT molecular complexity index is 57.5. The van der Waals surface area contributed by atoms with E-state index in [1.807, 2.05) is 0 Å². The second-order valence-corrected chi connectivity index (χ2v) is 2.93. The van der Waals surface area contributed by atoms with Gasteiger partial charge in [-0.3, -0.25) is 0 Å². The Hall–Kier alpha value is 0.310. The van der Waals surface area contributed by atoms with Gasteiger partial charge in [-0.2, -0.15) is 12.6 Å². The highest BCUT2D eigenvalue weighted by Gasteiger charge is 2.05. The monoisotopic (exact) mass is 132 g/mol. The van der Waals surface area contributed by atoms with Crippen LogP contribution in [-0.2, 0) is 4.74 Å². The van der Waals surface area contributed by atoms with E-state index in [1.54, 1.807) is 0 Å². The Kier molecular flexibility index (Phi) is 2.70. The number of hydrogen-bond donors (Lipinski definition) is 1. The first-order valence-electron chi connectivity index (χ1n) is 3.15. The summed E-state index contributed by atoms with van der Waals surface area (Å²) in [5, 5.41) is 0.595. The summed E-state index contributed by atoms with van der Waals surface area (Å²) in [5.41, 5.74) is 0. The van der Waals surface area contributed by atoms with Crippen molar-refractivity contribution in [3.63, 3.8) is 0 Å². The molecule has 1 heterocycles. The van der Waals surface area contributed by atoms with Crippen molar-refractivity contribution in [2.45, 2.75) is 24.5 Å². The second-order valence-electron chi connectivity index (χ2n) is 2.20. The quantitative estimate of drug-likeness (QED) is 0.491. The summed E-state index contributed by atoms with van der Waals surface area (Å²) >= 11 is 4.35. The van der Waals surface area contributed by atoms with Gasteiger partial charge in [-0.15, -0.1) is 0 Å². The molecule has 0 aromatic heterocycles. The van der Waals surface area contributed by atoms with E-state index in [4.69, 9.17) is 4.74 Å². The molecule has 0 spiro atoms. The molecule has 1 rings (SSSR count). The van der Waals surface area contributed by atoms with Crippen molar-refractivity contribution in [2.24, 2.45) is 0 Å². The maximum atomic E-state index is 5.22. The normalized spacial score (nSPS) is 31.9. The van der Waals surface area contributed by atoms with Crippen LogP contribution in [0.15, 0.2) is 0 Å². The van der Waals surface area contributed by atoms with E-state index in [2.05, 4.69) is 12.6 Å². The second kappa shape index (κ2) is 3.36. The minimum atomic E-state index is 0.595. The van der Waals surface area contributed by atoms with Gasteiger partial charge in [0.15, 0.2) is 0 Å². The lowest BCUT2D eigenvalue weighted by atomic mass is 10.2. The summed E-state index contributed by atoms with van der Waals surface area (Å²) in [6, 6.07) is 0. The van der Waals surface area contributed by atoms with E-state index in [9.17, 15) is 0 Å². The lowest BCUT2D eigenvalue weighted by molar-refractivity contribution is 0.144. The average molecular weight is 132 g/mol. The van der Waals surface area contributed by atoms with Gasteiger partial charge >= 0.3 is 0 Å². The molecular weight excluding hydrogens is 120 g/mol. The van der Waals surface area contributed by atoms with Gasteiger partial charge in [-0.25, -0.2) is 0 Å². The lowest BCUT2D eigenvalue weighted by Gasteiger charge is -2.00. The summed E-state index contributed by atoms with van der Waals surface area (Å²) in [6.45, 7) is 1.85. The van der Waals surface area contributed by atoms with Crippen molar-refractivity contribution in [2.75, 3.05) is 13.2 Å². The molecule has 1 aliphatic heterocycles. The van der Waals surface area contributed by atoms with Crippen molar-refractivity contribution >= 4 is 12.6 Å². The largest absolute Gasteiger partial charge is 0.381 e. The first kappa shape index (κ1) is 6.43. The van der Waals surface area contributed by atoms with Crippen LogP contribution < -0.4 is 0 Å². The van der Waals surface area contributed by atoms with Crippen molar-refractivity contribution in [1.82, 2.24) is 0 Å². The molecule has 1 aliphatic rings. The smallest absolute Gasteiger partial charge is 0.0476 e. The van der Waals surface area contributed by atoms with Gasteiger partial charge in [0.2, 0.25) is 0 Å². The van der Waals surface area contributed by atoms with E-state index in [-0.39, 0.29) is 0 Å². The highest BCUT2D eigenvalue weighted by atomic mass is 32.1. The fourth-order valence-corrected chi connectivity index (χ4v) is 1.17. The summed E-state index contributed by atoms with van der Waals surface area (Å²) in [4.78, 5) is 0. The highest BCUT2D eigenvalue weighted by molar-refractivity contribution is 7.80. The standard InChI is InChI=1S/C6H12OS/c8-6-2-1-4-7-5-3-6/h6,8H,1-5H2. The topological polar surface area (TPSA) is 9.23 Å². The zero-order valence-corrected chi connectivity index (χ0v) is 5.86. The molecule has 0 radical (unpaired) electrons. The molecule has 1 atom stereocenters. The van der Waals surface area contributed by atoms with Crippen LogP contribution in [0.5, 0.6) is 0 Å². The fourth-order valence-electron chi connectivity index (χ4n) is 0.887. The van der Waals surface area contributed by atoms with Gasteiger partial charge in [0.1, 0.15) is 0 Å². The van der Waals surface area contributed by atoms with Crippen LogP contribution in [0.2, 0.25) is 0 Å². The SMILES string of the molecule is SC1CCCOCC1. The number of rotatable bonds is 0. The average Bonchev–Trinajstić information content (AvgIpc) is 1.94. The Labute approximate surface area is 55.8 Å². The van der Waals surface area contributed by atoms with Crippen LogP contribution in [0.25, 0.3) is 0 Å². The minimum Gasteiger partial charge on any atom is -0.381 e. The molecule has 1 nitrogen and oxygen atoms in total. The summed E-state index contributed by atoms with van der Waals surface area (Å²) in [6.07, 6.45) is 3.54. The molecule has 48 valence electrons. The van der Waals surface area contributed by atoms with E-state index in [0.29, 0.717) is 5.25 Å². The van der Waals surface area contributed by atoms with Crippen molar-refractivity contribution in [3.8, 4) is 0 Å². The number of hydrogen-bond acceptors (Lipinski definition) is 2. The molecule has 2 heteroatoms. The van der Waals surface area contributed by atoms with Crippen LogP contribution >= 0.6 is 12.6 Å².